The van der Waals surface area contributed by atoms with Crippen LogP contribution in [-0.4, -0.2) is 71.3 Å². The second-order valence-electron chi connectivity index (χ2n) is 9.19. The van der Waals surface area contributed by atoms with Gasteiger partial charge in [0.25, 0.3) is 5.56 Å². The van der Waals surface area contributed by atoms with Crippen LogP contribution >= 0.6 is 0 Å². The molecule has 3 aromatic rings. The SMILES string of the molecule is CN(C(=O)O)C1CN(S(=O)(=O)c2cc(Cc3n[nH]c(=O)c4ccc(OC5CCC5)cc34)ccc2F)C1. The van der Waals surface area contributed by atoms with Gasteiger partial charge >= 0.3 is 6.09 Å². The Hall–Kier alpha value is -3.51. The van der Waals surface area contributed by atoms with Gasteiger partial charge in [0.2, 0.25) is 10.0 Å². The summed E-state index contributed by atoms with van der Waals surface area (Å²) in [6.07, 6.45) is 2.22. The number of rotatable bonds is 7. The van der Waals surface area contributed by atoms with Crippen molar-refractivity contribution in [3.05, 3.63) is 63.8 Å². The zero-order chi connectivity index (χ0) is 25.6. The summed E-state index contributed by atoms with van der Waals surface area (Å²) < 4.78 is 47.8. The molecule has 0 bridgehead atoms. The van der Waals surface area contributed by atoms with Crippen LogP contribution < -0.4 is 10.3 Å². The average Bonchev–Trinajstić information content (AvgIpc) is 2.78. The standard InChI is InChI=1S/C24H25FN4O6S/c1-28(24(31)32)15-12-29(13-15)36(33,34)22-10-14(5-8-20(22)25)9-21-19-11-17(35-16-3-2-4-16)6-7-18(19)23(30)27-26-21/h5-8,10-11,15-16H,2-4,9,12-13H2,1H3,(H,27,30)(H,31,32). The fourth-order valence-electron chi connectivity index (χ4n) is 4.29. The van der Waals surface area contributed by atoms with E-state index in [2.05, 4.69) is 10.2 Å². The Morgan fingerprint density at radius 1 is 1.22 bits per heavy atom. The number of benzene rings is 2. The molecule has 1 aliphatic heterocycles. The molecular formula is C24H25FN4O6S. The van der Waals surface area contributed by atoms with Gasteiger partial charge in [-0.25, -0.2) is 22.7 Å². The lowest BCUT2D eigenvalue weighted by atomic mass is 9.96. The molecule has 0 spiro atoms. The van der Waals surface area contributed by atoms with E-state index in [0.29, 0.717) is 27.8 Å². The zero-order valence-electron chi connectivity index (χ0n) is 19.5. The Bertz CT molecular complexity index is 1500. The van der Waals surface area contributed by atoms with Crippen LogP contribution in [0.4, 0.5) is 9.18 Å². The maximum atomic E-state index is 14.6. The first kappa shape index (κ1) is 24.2. The molecule has 1 aromatic heterocycles. The van der Waals surface area contributed by atoms with Crippen LogP contribution in [0.25, 0.3) is 10.8 Å². The number of fused-ring (bicyclic) bond motifs is 1. The lowest BCUT2D eigenvalue weighted by Crippen LogP contribution is -2.61. The van der Waals surface area contributed by atoms with E-state index in [1.165, 1.54) is 19.2 Å². The lowest BCUT2D eigenvalue weighted by molar-refractivity contribution is 0.0919. The smallest absolute Gasteiger partial charge is 0.407 e. The van der Waals surface area contributed by atoms with Crippen molar-refractivity contribution >= 4 is 26.9 Å². The molecule has 2 aromatic carbocycles. The fourth-order valence-corrected chi connectivity index (χ4v) is 5.92. The summed E-state index contributed by atoms with van der Waals surface area (Å²) in [6, 6.07) is 8.49. The third kappa shape index (κ3) is 4.42. The molecule has 5 rings (SSSR count). The number of aromatic amines is 1. The van der Waals surface area contributed by atoms with Gasteiger partial charge in [0.1, 0.15) is 16.5 Å². The molecule has 1 aliphatic carbocycles. The number of ether oxygens (including phenoxy) is 1. The minimum Gasteiger partial charge on any atom is -0.490 e. The lowest BCUT2D eigenvalue weighted by Gasteiger charge is -2.41. The molecule has 2 heterocycles. The highest BCUT2D eigenvalue weighted by molar-refractivity contribution is 7.89. The first-order valence-corrected chi connectivity index (χ1v) is 13.0. The van der Waals surface area contributed by atoms with E-state index >= 15 is 0 Å². The molecule has 1 saturated heterocycles. The fraction of sp³-hybridized carbons (Fsp3) is 0.375. The number of sulfonamides is 1. The van der Waals surface area contributed by atoms with Gasteiger partial charge in [-0.3, -0.25) is 4.79 Å². The van der Waals surface area contributed by atoms with E-state index in [4.69, 9.17) is 9.84 Å². The van der Waals surface area contributed by atoms with Gasteiger partial charge in [0.15, 0.2) is 0 Å². The zero-order valence-corrected chi connectivity index (χ0v) is 20.3. The van der Waals surface area contributed by atoms with Crippen LogP contribution in [0.15, 0.2) is 46.1 Å². The van der Waals surface area contributed by atoms with Crippen molar-refractivity contribution < 1.29 is 27.4 Å². The number of nitrogens with one attached hydrogen (secondary N) is 1. The predicted molar refractivity (Wildman–Crippen MR) is 128 cm³/mol. The van der Waals surface area contributed by atoms with Crippen LogP contribution in [0, 0.1) is 5.82 Å². The number of carboxylic acid groups (broad SMARTS) is 1. The second kappa shape index (κ2) is 9.17. The van der Waals surface area contributed by atoms with Gasteiger partial charge in [-0.1, -0.05) is 6.07 Å². The molecule has 36 heavy (non-hydrogen) atoms. The van der Waals surface area contributed by atoms with Crippen molar-refractivity contribution in [3.63, 3.8) is 0 Å². The van der Waals surface area contributed by atoms with Crippen LogP contribution in [0.2, 0.25) is 0 Å². The number of likely N-dealkylation sites (N-methyl/N-ethyl adjacent to an activating group) is 1. The average molecular weight is 517 g/mol. The first-order valence-electron chi connectivity index (χ1n) is 11.6. The maximum Gasteiger partial charge on any atom is 0.407 e. The number of hydrogen-bond acceptors (Lipinski definition) is 6. The van der Waals surface area contributed by atoms with Crippen molar-refractivity contribution in [2.75, 3.05) is 20.1 Å². The molecule has 0 unspecified atom stereocenters. The Labute approximate surface area is 206 Å². The molecule has 0 atom stereocenters. The molecule has 10 nitrogen and oxygen atoms in total. The number of nitrogens with zero attached hydrogens (tertiary/aromatic N) is 3. The molecule has 12 heteroatoms. The van der Waals surface area contributed by atoms with Gasteiger partial charge in [0, 0.05) is 31.9 Å². The van der Waals surface area contributed by atoms with E-state index < -0.39 is 32.9 Å². The van der Waals surface area contributed by atoms with Crippen molar-refractivity contribution in [2.24, 2.45) is 0 Å². The molecule has 1 saturated carbocycles. The highest BCUT2D eigenvalue weighted by atomic mass is 32.2. The molecular weight excluding hydrogens is 491 g/mol. The Balaban J connectivity index is 1.42. The molecule has 2 aliphatic rings. The summed E-state index contributed by atoms with van der Waals surface area (Å²) in [6.45, 7) is -0.102. The van der Waals surface area contributed by atoms with E-state index in [9.17, 15) is 22.4 Å². The monoisotopic (exact) mass is 516 g/mol. The molecule has 2 fully saturated rings. The van der Waals surface area contributed by atoms with E-state index in [0.717, 1.165) is 34.5 Å². The second-order valence-corrected chi connectivity index (χ2v) is 11.1. The predicted octanol–water partition coefficient (Wildman–Crippen LogP) is 2.57. The minimum absolute atomic E-state index is 0.0509. The normalized spacial score (nSPS) is 16.9. The van der Waals surface area contributed by atoms with Gasteiger partial charge in [-0.2, -0.15) is 9.40 Å². The number of amides is 1. The minimum atomic E-state index is -4.17. The molecule has 0 radical (unpaired) electrons. The number of H-pyrrole nitrogens is 1. The first-order chi connectivity index (χ1) is 17.1. The Morgan fingerprint density at radius 2 is 1.97 bits per heavy atom. The Kier molecular flexibility index (Phi) is 6.17. The maximum absolute atomic E-state index is 14.6. The van der Waals surface area contributed by atoms with Crippen LogP contribution in [-0.2, 0) is 16.4 Å². The van der Waals surface area contributed by atoms with Crippen molar-refractivity contribution in [3.8, 4) is 5.75 Å². The van der Waals surface area contributed by atoms with Crippen LogP contribution in [0.3, 0.4) is 0 Å². The van der Waals surface area contributed by atoms with Gasteiger partial charge in [0.05, 0.1) is 23.2 Å². The number of aromatic nitrogens is 2. The summed E-state index contributed by atoms with van der Waals surface area (Å²) in [4.78, 5) is 24.0. The summed E-state index contributed by atoms with van der Waals surface area (Å²) in [5, 5.41) is 16.7. The van der Waals surface area contributed by atoms with Crippen LogP contribution in [0.1, 0.15) is 30.5 Å². The van der Waals surface area contributed by atoms with Gasteiger partial charge < -0.3 is 14.7 Å². The molecule has 1 amide bonds. The van der Waals surface area contributed by atoms with E-state index in [1.807, 2.05) is 0 Å². The number of hydrogen-bond donors (Lipinski definition) is 2. The summed E-state index contributed by atoms with van der Waals surface area (Å²) in [5.41, 5.74) is 0.622. The third-order valence-electron chi connectivity index (χ3n) is 6.86. The summed E-state index contributed by atoms with van der Waals surface area (Å²) >= 11 is 0. The molecule has 190 valence electrons. The highest BCUT2D eigenvalue weighted by Gasteiger charge is 2.41. The highest BCUT2D eigenvalue weighted by Crippen LogP contribution is 2.30. The van der Waals surface area contributed by atoms with Crippen molar-refractivity contribution in [1.82, 2.24) is 19.4 Å². The van der Waals surface area contributed by atoms with E-state index in [-0.39, 0.29) is 31.2 Å². The van der Waals surface area contributed by atoms with E-state index in [1.54, 1.807) is 18.2 Å². The Morgan fingerprint density at radius 3 is 2.64 bits per heavy atom. The third-order valence-corrected chi connectivity index (χ3v) is 8.70. The summed E-state index contributed by atoms with van der Waals surface area (Å²) in [5.74, 6) is -0.272. The quantitative estimate of drug-likeness (QED) is 0.493. The number of halogens is 1. The van der Waals surface area contributed by atoms with Gasteiger partial charge in [-0.05, 0) is 55.2 Å². The topological polar surface area (TPSA) is 133 Å². The number of carbonyl (C=O) groups is 1. The molecule has 2 N–H and O–H groups in total. The van der Waals surface area contributed by atoms with Gasteiger partial charge in [-0.15, -0.1) is 0 Å². The van der Waals surface area contributed by atoms with Crippen molar-refractivity contribution in [1.29, 1.82) is 0 Å². The largest absolute Gasteiger partial charge is 0.490 e. The summed E-state index contributed by atoms with van der Waals surface area (Å²) in [7, 11) is -2.80. The van der Waals surface area contributed by atoms with Crippen molar-refractivity contribution in [2.45, 2.75) is 42.7 Å². The van der Waals surface area contributed by atoms with Crippen LogP contribution in [0.5, 0.6) is 5.75 Å².